The molecule has 0 saturated carbocycles. The number of carbonyl (C=O) groups excluding carboxylic acids is 1. The lowest BCUT2D eigenvalue weighted by molar-refractivity contribution is 0.102. The summed E-state index contributed by atoms with van der Waals surface area (Å²) in [6, 6.07) is 0. The quantitative estimate of drug-likeness (QED) is 0.819. The number of aryl methyl sites for hydroxylation is 2. The maximum atomic E-state index is 11.9. The van der Waals surface area contributed by atoms with E-state index in [0.717, 1.165) is 9.13 Å². The van der Waals surface area contributed by atoms with Crippen LogP contribution in [0.1, 0.15) is 21.1 Å². The molecule has 0 aliphatic carbocycles. The molecular formula is C9H9IN4OS. The SMILES string of the molecule is Cc1nc(NC(=O)c2scc(C)c2I)n[nH]1. The van der Waals surface area contributed by atoms with Gasteiger partial charge < -0.3 is 0 Å². The van der Waals surface area contributed by atoms with Crippen LogP contribution in [-0.2, 0) is 0 Å². The van der Waals surface area contributed by atoms with E-state index in [2.05, 4.69) is 43.1 Å². The molecule has 5 nitrogen and oxygen atoms in total. The van der Waals surface area contributed by atoms with Crippen molar-refractivity contribution in [3.63, 3.8) is 0 Å². The largest absolute Gasteiger partial charge is 0.288 e. The average molecular weight is 348 g/mol. The highest BCUT2D eigenvalue weighted by atomic mass is 127. The third kappa shape index (κ3) is 2.24. The monoisotopic (exact) mass is 348 g/mol. The molecule has 2 rings (SSSR count). The second kappa shape index (κ2) is 4.50. The van der Waals surface area contributed by atoms with Gasteiger partial charge in [0.2, 0.25) is 5.95 Å². The van der Waals surface area contributed by atoms with Crippen LogP contribution in [0.2, 0.25) is 0 Å². The van der Waals surface area contributed by atoms with E-state index >= 15 is 0 Å². The van der Waals surface area contributed by atoms with Gasteiger partial charge in [-0.2, -0.15) is 4.98 Å². The van der Waals surface area contributed by atoms with Crippen LogP contribution in [0.15, 0.2) is 5.38 Å². The highest BCUT2D eigenvalue weighted by molar-refractivity contribution is 14.1. The van der Waals surface area contributed by atoms with Crippen molar-refractivity contribution >= 4 is 45.8 Å². The summed E-state index contributed by atoms with van der Waals surface area (Å²) in [6.45, 7) is 3.76. The first kappa shape index (κ1) is 11.5. The Bertz CT molecular complexity index is 533. The summed E-state index contributed by atoms with van der Waals surface area (Å²) in [5.74, 6) is 0.818. The van der Waals surface area contributed by atoms with Crippen LogP contribution in [0, 0.1) is 17.4 Å². The van der Waals surface area contributed by atoms with Gasteiger partial charge in [0, 0.05) is 3.57 Å². The second-order valence-corrected chi connectivity index (χ2v) is 5.22. The number of aromatic amines is 1. The Kier molecular flexibility index (Phi) is 3.24. The van der Waals surface area contributed by atoms with Gasteiger partial charge in [-0.05, 0) is 47.4 Å². The van der Waals surface area contributed by atoms with Gasteiger partial charge in [0.15, 0.2) is 0 Å². The lowest BCUT2D eigenvalue weighted by Gasteiger charge is -1.98. The fourth-order valence-corrected chi connectivity index (χ4v) is 2.97. The molecule has 0 unspecified atom stereocenters. The summed E-state index contributed by atoms with van der Waals surface area (Å²) < 4.78 is 0.979. The molecule has 2 N–H and O–H groups in total. The van der Waals surface area contributed by atoms with Crippen molar-refractivity contribution in [2.24, 2.45) is 0 Å². The molecule has 0 bridgehead atoms. The molecule has 0 spiro atoms. The van der Waals surface area contributed by atoms with Gasteiger partial charge >= 0.3 is 0 Å². The molecular weight excluding hydrogens is 339 g/mol. The number of carbonyl (C=O) groups is 1. The molecule has 0 aliphatic heterocycles. The molecule has 84 valence electrons. The van der Waals surface area contributed by atoms with Crippen LogP contribution >= 0.6 is 33.9 Å². The van der Waals surface area contributed by atoms with Crippen molar-refractivity contribution in [1.82, 2.24) is 15.2 Å². The third-order valence-corrected chi connectivity index (χ3v) is 4.78. The first-order chi connectivity index (χ1) is 7.58. The van der Waals surface area contributed by atoms with Crippen LogP contribution < -0.4 is 5.32 Å². The Morgan fingerprint density at radius 1 is 1.56 bits per heavy atom. The number of amides is 1. The summed E-state index contributed by atoms with van der Waals surface area (Å²) in [4.78, 5) is 16.6. The van der Waals surface area contributed by atoms with Crippen molar-refractivity contribution < 1.29 is 4.79 Å². The molecule has 0 saturated heterocycles. The van der Waals surface area contributed by atoms with Crippen LogP contribution in [0.5, 0.6) is 0 Å². The molecule has 2 aromatic heterocycles. The zero-order valence-corrected chi connectivity index (χ0v) is 11.6. The van der Waals surface area contributed by atoms with Crippen molar-refractivity contribution in [2.75, 3.05) is 5.32 Å². The van der Waals surface area contributed by atoms with Gasteiger partial charge in [0.25, 0.3) is 5.91 Å². The summed E-state index contributed by atoms with van der Waals surface area (Å²) in [6.07, 6.45) is 0. The molecule has 2 aromatic rings. The van der Waals surface area contributed by atoms with E-state index in [1.807, 2.05) is 12.3 Å². The Hall–Kier alpha value is -0.960. The first-order valence-corrected chi connectivity index (χ1v) is 6.47. The average Bonchev–Trinajstić information content (AvgIpc) is 2.76. The summed E-state index contributed by atoms with van der Waals surface area (Å²) in [5, 5.41) is 11.1. The predicted octanol–water partition coefficient (Wildman–Crippen LogP) is 2.34. The van der Waals surface area contributed by atoms with Crippen LogP contribution in [0.25, 0.3) is 0 Å². The van der Waals surface area contributed by atoms with E-state index in [1.165, 1.54) is 11.3 Å². The van der Waals surface area contributed by atoms with E-state index in [1.54, 1.807) is 6.92 Å². The minimum Gasteiger partial charge on any atom is -0.288 e. The van der Waals surface area contributed by atoms with Crippen molar-refractivity contribution in [3.05, 3.63) is 25.2 Å². The second-order valence-electron chi connectivity index (χ2n) is 3.26. The van der Waals surface area contributed by atoms with Crippen LogP contribution in [0.4, 0.5) is 5.95 Å². The van der Waals surface area contributed by atoms with E-state index in [9.17, 15) is 4.79 Å². The molecule has 2 heterocycles. The van der Waals surface area contributed by atoms with Crippen LogP contribution in [0.3, 0.4) is 0 Å². The van der Waals surface area contributed by atoms with E-state index in [0.29, 0.717) is 16.6 Å². The molecule has 0 fully saturated rings. The lowest BCUT2D eigenvalue weighted by atomic mass is 10.3. The van der Waals surface area contributed by atoms with Gasteiger partial charge in [0.05, 0.1) is 0 Å². The minimum absolute atomic E-state index is 0.165. The Balaban J connectivity index is 2.18. The van der Waals surface area contributed by atoms with Crippen LogP contribution in [-0.4, -0.2) is 21.1 Å². The van der Waals surface area contributed by atoms with Crippen molar-refractivity contribution in [1.29, 1.82) is 0 Å². The van der Waals surface area contributed by atoms with Crippen molar-refractivity contribution in [2.45, 2.75) is 13.8 Å². The molecule has 1 amide bonds. The molecule has 7 heteroatoms. The molecule has 0 aromatic carbocycles. The zero-order valence-electron chi connectivity index (χ0n) is 8.67. The highest BCUT2D eigenvalue weighted by Crippen LogP contribution is 2.24. The summed E-state index contributed by atoms with van der Waals surface area (Å²) in [5.41, 5.74) is 1.11. The van der Waals surface area contributed by atoms with Gasteiger partial charge in [-0.25, -0.2) is 0 Å². The normalized spacial score (nSPS) is 10.4. The number of thiophene rings is 1. The number of nitrogens with zero attached hydrogens (tertiary/aromatic N) is 2. The number of hydrogen-bond donors (Lipinski definition) is 2. The molecule has 0 radical (unpaired) electrons. The maximum Gasteiger partial charge on any atom is 0.269 e. The Morgan fingerprint density at radius 3 is 2.81 bits per heavy atom. The Morgan fingerprint density at radius 2 is 2.31 bits per heavy atom. The number of anilines is 1. The molecule has 0 atom stereocenters. The zero-order chi connectivity index (χ0) is 11.7. The first-order valence-electron chi connectivity index (χ1n) is 4.52. The maximum absolute atomic E-state index is 11.9. The molecule has 0 aliphatic rings. The minimum atomic E-state index is -0.165. The number of H-pyrrole nitrogens is 1. The van der Waals surface area contributed by atoms with Gasteiger partial charge in [-0.1, -0.05) is 0 Å². The van der Waals surface area contributed by atoms with Gasteiger partial charge in [0.1, 0.15) is 10.7 Å². The number of halogens is 1. The van der Waals surface area contributed by atoms with Crippen molar-refractivity contribution in [3.8, 4) is 0 Å². The predicted molar refractivity (Wildman–Crippen MR) is 70.8 cm³/mol. The number of hydrogen-bond acceptors (Lipinski definition) is 4. The summed E-state index contributed by atoms with van der Waals surface area (Å²) >= 11 is 3.59. The standard InChI is InChI=1S/C9H9IN4OS/c1-4-3-16-7(6(4)10)8(15)12-9-11-5(2)13-14-9/h3H,1-2H3,(H2,11,12,13,14,15). The Labute approximate surface area is 110 Å². The number of nitrogens with one attached hydrogen (secondary N) is 2. The topological polar surface area (TPSA) is 70.7 Å². The smallest absolute Gasteiger partial charge is 0.269 e. The van der Waals surface area contributed by atoms with E-state index in [-0.39, 0.29) is 5.91 Å². The van der Waals surface area contributed by atoms with E-state index < -0.39 is 0 Å². The fourth-order valence-electron chi connectivity index (χ4n) is 1.14. The summed E-state index contributed by atoms with van der Waals surface area (Å²) in [7, 11) is 0. The van der Waals surface area contributed by atoms with E-state index in [4.69, 9.17) is 0 Å². The number of aromatic nitrogens is 3. The lowest BCUT2D eigenvalue weighted by Crippen LogP contribution is -2.12. The van der Waals surface area contributed by atoms with Gasteiger partial charge in [-0.15, -0.1) is 16.4 Å². The van der Waals surface area contributed by atoms with Gasteiger partial charge in [-0.3, -0.25) is 15.2 Å². The number of rotatable bonds is 2. The fraction of sp³-hybridized carbons (Fsp3) is 0.222. The molecule has 16 heavy (non-hydrogen) atoms. The highest BCUT2D eigenvalue weighted by Gasteiger charge is 2.15. The third-order valence-electron chi connectivity index (χ3n) is 1.93.